The van der Waals surface area contributed by atoms with Crippen molar-refractivity contribution in [2.75, 3.05) is 0 Å². The highest BCUT2D eigenvalue weighted by molar-refractivity contribution is 9.10. The van der Waals surface area contributed by atoms with Gasteiger partial charge in [-0.2, -0.15) is 0 Å². The minimum atomic E-state index is -0.949. The van der Waals surface area contributed by atoms with Crippen LogP contribution in [-0.4, -0.2) is 11.1 Å². The first-order valence-corrected chi connectivity index (χ1v) is 4.38. The molecule has 0 aliphatic rings. The first kappa shape index (κ1) is 9.55. The molecule has 0 aliphatic carbocycles. The number of hydrogen-bond donors (Lipinski definition) is 1. The molecule has 0 saturated carbocycles. The molecule has 0 radical (unpaired) electrons. The summed E-state index contributed by atoms with van der Waals surface area (Å²) in [6.07, 6.45) is 0. The molecule has 64 valence electrons. The van der Waals surface area contributed by atoms with E-state index in [1.54, 1.807) is 6.92 Å². The lowest BCUT2D eigenvalue weighted by Gasteiger charge is -2.02. The zero-order chi connectivity index (χ0) is 9.30. The van der Waals surface area contributed by atoms with E-state index in [-0.39, 0.29) is 5.56 Å². The summed E-state index contributed by atoms with van der Waals surface area (Å²) in [5, 5.41) is 9.22. The van der Waals surface area contributed by atoms with Crippen LogP contribution in [0.15, 0.2) is 16.6 Å². The van der Waals surface area contributed by atoms with E-state index in [4.69, 9.17) is 16.7 Å². The molecule has 1 aromatic rings. The van der Waals surface area contributed by atoms with E-state index in [1.807, 2.05) is 0 Å². The Labute approximate surface area is 83.3 Å². The molecule has 12 heavy (non-hydrogen) atoms. The summed E-state index contributed by atoms with van der Waals surface area (Å²) in [4.78, 5) is 10.6. The van der Waals surface area contributed by atoms with Gasteiger partial charge in [0.1, 0.15) is 0 Å². The topological polar surface area (TPSA) is 37.3 Å². The summed E-state index contributed by atoms with van der Waals surface area (Å²) < 4.78 is 0.613. The monoisotopic (exact) mass is 248 g/mol. The van der Waals surface area contributed by atoms with Crippen molar-refractivity contribution < 1.29 is 9.90 Å². The van der Waals surface area contributed by atoms with Gasteiger partial charge in [-0.1, -0.05) is 11.6 Å². The Hall–Kier alpha value is -0.540. The second kappa shape index (κ2) is 3.46. The van der Waals surface area contributed by atoms with Gasteiger partial charge in [0.25, 0.3) is 0 Å². The second-order valence-corrected chi connectivity index (χ2v) is 3.63. The van der Waals surface area contributed by atoms with Crippen LogP contribution in [0, 0.1) is 6.92 Å². The molecule has 0 fully saturated rings. The molecule has 0 unspecified atom stereocenters. The van der Waals surface area contributed by atoms with Crippen molar-refractivity contribution in [3.8, 4) is 0 Å². The number of carboxylic acids is 1. The Kier molecular flexibility index (Phi) is 2.75. The van der Waals surface area contributed by atoms with Crippen LogP contribution in [0.2, 0.25) is 5.02 Å². The van der Waals surface area contributed by atoms with Gasteiger partial charge in [0.05, 0.1) is 10.6 Å². The largest absolute Gasteiger partial charge is 0.478 e. The average molecular weight is 249 g/mol. The number of carbonyl (C=O) groups is 1. The van der Waals surface area contributed by atoms with Crippen LogP contribution in [0.1, 0.15) is 15.9 Å². The summed E-state index contributed by atoms with van der Waals surface area (Å²) in [5.41, 5.74) is 0.993. The Balaban J connectivity index is 3.31. The normalized spacial score (nSPS) is 9.92. The fourth-order valence-electron chi connectivity index (χ4n) is 0.850. The summed E-state index contributed by atoms with van der Waals surface area (Å²) in [6.45, 7) is 1.76. The van der Waals surface area contributed by atoms with Crippen molar-refractivity contribution in [3.63, 3.8) is 0 Å². The van der Waals surface area contributed by atoms with Gasteiger partial charge in [0.15, 0.2) is 0 Å². The van der Waals surface area contributed by atoms with Crippen molar-refractivity contribution >= 4 is 33.5 Å². The molecule has 0 amide bonds. The number of rotatable bonds is 1. The maximum absolute atomic E-state index is 10.6. The first-order chi connectivity index (χ1) is 5.52. The van der Waals surface area contributed by atoms with Gasteiger partial charge in [-0.25, -0.2) is 4.79 Å². The zero-order valence-electron chi connectivity index (χ0n) is 6.27. The van der Waals surface area contributed by atoms with E-state index >= 15 is 0 Å². The molecule has 1 N–H and O–H groups in total. The molecule has 0 saturated heterocycles. The van der Waals surface area contributed by atoms with Crippen LogP contribution >= 0.6 is 27.5 Å². The van der Waals surface area contributed by atoms with Crippen molar-refractivity contribution in [1.82, 2.24) is 0 Å². The molecule has 0 bridgehead atoms. The van der Waals surface area contributed by atoms with Crippen molar-refractivity contribution in [2.45, 2.75) is 6.92 Å². The molecule has 0 heterocycles. The Morgan fingerprint density at radius 1 is 1.58 bits per heavy atom. The lowest BCUT2D eigenvalue weighted by atomic mass is 10.1. The molecular weight excluding hydrogens is 243 g/mol. The molecule has 1 rings (SSSR count). The van der Waals surface area contributed by atoms with Crippen LogP contribution in [0.4, 0.5) is 0 Å². The first-order valence-electron chi connectivity index (χ1n) is 3.21. The summed E-state index contributed by atoms with van der Waals surface area (Å²) in [7, 11) is 0. The van der Waals surface area contributed by atoms with Gasteiger partial charge < -0.3 is 5.11 Å². The number of aryl methyl sites for hydroxylation is 1. The molecule has 0 atom stereocenters. The van der Waals surface area contributed by atoms with Crippen LogP contribution in [0.25, 0.3) is 0 Å². The minimum absolute atomic E-state index is 0.240. The fourth-order valence-corrected chi connectivity index (χ4v) is 1.52. The van der Waals surface area contributed by atoms with Gasteiger partial charge in [-0.15, -0.1) is 0 Å². The van der Waals surface area contributed by atoms with Crippen molar-refractivity contribution in [2.24, 2.45) is 0 Å². The number of aromatic carboxylic acids is 1. The average Bonchev–Trinajstić information content (AvgIpc) is 1.99. The predicted molar refractivity (Wildman–Crippen MR) is 50.8 cm³/mol. The third-order valence-corrected chi connectivity index (χ3v) is 2.81. The number of benzene rings is 1. The SMILES string of the molecule is Cc1cc(C(=O)O)cc(Br)c1Cl. The molecule has 0 aromatic heterocycles. The Bertz CT molecular complexity index is 313. The number of carboxylic acid groups (broad SMARTS) is 1. The quantitative estimate of drug-likeness (QED) is 0.830. The van der Waals surface area contributed by atoms with Crippen molar-refractivity contribution in [3.05, 3.63) is 32.8 Å². The maximum Gasteiger partial charge on any atom is 0.335 e. The standard InChI is InChI=1S/C8H6BrClO2/c1-4-2-5(8(11)12)3-6(9)7(4)10/h2-3H,1H3,(H,11,12). The van der Waals surface area contributed by atoms with Crippen molar-refractivity contribution in [1.29, 1.82) is 0 Å². The molecule has 0 spiro atoms. The lowest BCUT2D eigenvalue weighted by Crippen LogP contribution is -1.96. The lowest BCUT2D eigenvalue weighted by molar-refractivity contribution is 0.0696. The van der Waals surface area contributed by atoms with E-state index in [1.165, 1.54) is 12.1 Å². The third-order valence-electron chi connectivity index (χ3n) is 1.46. The fraction of sp³-hybridized carbons (Fsp3) is 0.125. The van der Waals surface area contributed by atoms with E-state index in [9.17, 15) is 4.79 Å². The van der Waals surface area contributed by atoms with Gasteiger partial charge in [-0.3, -0.25) is 0 Å². The molecule has 0 aliphatic heterocycles. The molecular formula is C8H6BrClO2. The van der Waals surface area contributed by atoms with Crippen LogP contribution in [0.3, 0.4) is 0 Å². The van der Waals surface area contributed by atoms with Gasteiger partial charge >= 0.3 is 5.97 Å². The van der Waals surface area contributed by atoms with Crippen LogP contribution in [-0.2, 0) is 0 Å². The number of hydrogen-bond acceptors (Lipinski definition) is 1. The molecule has 1 aromatic carbocycles. The smallest absolute Gasteiger partial charge is 0.335 e. The second-order valence-electron chi connectivity index (χ2n) is 2.39. The van der Waals surface area contributed by atoms with E-state index < -0.39 is 5.97 Å². The highest BCUT2D eigenvalue weighted by atomic mass is 79.9. The van der Waals surface area contributed by atoms with Gasteiger partial charge in [0, 0.05) is 4.47 Å². The summed E-state index contributed by atoms with van der Waals surface area (Å²) in [5.74, 6) is -0.949. The van der Waals surface area contributed by atoms with Crippen LogP contribution in [0.5, 0.6) is 0 Å². The minimum Gasteiger partial charge on any atom is -0.478 e. The predicted octanol–water partition coefficient (Wildman–Crippen LogP) is 3.11. The zero-order valence-corrected chi connectivity index (χ0v) is 8.61. The highest BCUT2D eigenvalue weighted by Gasteiger charge is 2.08. The number of halogens is 2. The summed E-state index contributed by atoms with van der Waals surface area (Å²) >= 11 is 8.98. The van der Waals surface area contributed by atoms with E-state index in [2.05, 4.69) is 15.9 Å². The Morgan fingerprint density at radius 3 is 2.58 bits per heavy atom. The third kappa shape index (κ3) is 1.79. The van der Waals surface area contributed by atoms with E-state index in [0.717, 1.165) is 5.56 Å². The molecule has 4 heteroatoms. The van der Waals surface area contributed by atoms with Crippen LogP contribution < -0.4 is 0 Å². The van der Waals surface area contributed by atoms with Gasteiger partial charge in [0.2, 0.25) is 0 Å². The molecule has 2 nitrogen and oxygen atoms in total. The van der Waals surface area contributed by atoms with E-state index in [0.29, 0.717) is 9.50 Å². The summed E-state index contributed by atoms with van der Waals surface area (Å²) in [6, 6.07) is 3.02. The van der Waals surface area contributed by atoms with Gasteiger partial charge in [-0.05, 0) is 40.5 Å². The maximum atomic E-state index is 10.6. The highest BCUT2D eigenvalue weighted by Crippen LogP contribution is 2.27. The Morgan fingerprint density at radius 2 is 2.17 bits per heavy atom.